The summed E-state index contributed by atoms with van der Waals surface area (Å²) in [7, 11) is 0. The molecule has 0 aliphatic carbocycles. The summed E-state index contributed by atoms with van der Waals surface area (Å²) in [6.45, 7) is 9.12. The Hall–Kier alpha value is -0.120. The lowest BCUT2D eigenvalue weighted by atomic mass is 10.1. The quantitative estimate of drug-likeness (QED) is 0.754. The van der Waals surface area contributed by atoms with Crippen LogP contribution in [0.15, 0.2) is 0 Å². The van der Waals surface area contributed by atoms with Crippen molar-refractivity contribution in [1.29, 1.82) is 0 Å². The molecule has 2 rings (SSSR count). The van der Waals surface area contributed by atoms with E-state index >= 15 is 0 Å². The molecule has 0 bridgehead atoms. The van der Waals surface area contributed by atoms with Crippen molar-refractivity contribution in [3.8, 4) is 0 Å². The van der Waals surface area contributed by atoms with Gasteiger partial charge in [0.05, 0.1) is 6.10 Å². The predicted octanol–water partition coefficient (Wildman–Crippen LogP) is 0.926. The molecule has 2 aliphatic rings. The fourth-order valence-corrected chi connectivity index (χ4v) is 2.90. The van der Waals surface area contributed by atoms with Crippen molar-refractivity contribution < 1.29 is 5.11 Å². The highest BCUT2D eigenvalue weighted by atomic mass is 16.3. The third-order valence-electron chi connectivity index (χ3n) is 4.19. The molecule has 0 radical (unpaired) electrons. The number of nitrogens with zero attached hydrogens (tertiary/aromatic N) is 2. The zero-order valence-electron chi connectivity index (χ0n) is 10.0. The van der Waals surface area contributed by atoms with E-state index in [0.29, 0.717) is 12.1 Å². The molecule has 0 amide bonds. The molecule has 2 fully saturated rings. The summed E-state index contributed by atoms with van der Waals surface area (Å²) in [4.78, 5) is 5.03. The summed E-state index contributed by atoms with van der Waals surface area (Å²) in [5.41, 5.74) is 0. The highest BCUT2D eigenvalue weighted by Crippen LogP contribution is 2.20. The van der Waals surface area contributed by atoms with E-state index in [-0.39, 0.29) is 6.10 Å². The first-order valence-electron chi connectivity index (χ1n) is 6.34. The molecule has 88 valence electrons. The normalized spacial score (nSPS) is 33.4. The largest absolute Gasteiger partial charge is 0.392 e. The monoisotopic (exact) mass is 212 g/mol. The number of aliphatic hydroxyl groups excluding tert-OH is 1. The van der Waals surface area contributed by atoms with Crippen LogP contribution in [-0.4, -0.2) is 59.3 Å². The molecular weight excluding hydrogens is 188 g/mol. The maximum Gasteiger partial charge on any atom is 0.0679 e. The van der Waals surface area contributed by atoms with Crippen molar-refractivity contribution in [2.75, 3.05) is 26.2 Å². The van der Waals surface area contributed by atoms with Crippen molar-refractivity contribution >= 4 is 0 Å². The molecule has 0 aromatic carbocycles. The highest BCUT2D eigenvalue weighted by Gasteiger charge is 2.30. The molecule has 15 heavy (non-hydrogen) atoms. The second kappa shape index (κ2) is 4.81. The summed E-state index contributed by atoms with van der Waals surface area (Å²) in [6.07, 6.45) is 3.59. The van der Waals surface area contributed by atoms with Crippen molar-refractivity contribution in [2.45, 2.75) is 51.3 Å². The van der Waals surface area contributed by atoms with Crippen LogP contribution in [0.25, 0.3) is 0 Å². The van der Waals surface area contributed by atoms with Gasteiger partial charge in [-0.1, -0.05) is 0 Å². The average Bonchev–Trinajstić information content (AvgIpc) is 2.85. The first kappa shape index (κ1) is 11.4. The van der Waals surface area contributed by atoms with Crippen LogP contribution in [0.2, 0.25) is 0 Å². The molecule has 1 unspecified atom stereocenters. The van der Waals surface area contributed by atoms with Crippen molar-refractivity contribution in [3.05, 3.63) is 0 Å². The van der Waals surface area contributed by atoms with E-state index < -0.39 is 0 Å². The zero-order valence-corrected chi connectivity index (χ0v) is 10.0. The summed E-state index contributed by atoms with van der Waals surface area (Å²) in [5.74, 6) is 0. The van der Waals surface area contributed by atoms with Gasteiger partial charge in [-0.25, -0.2) is 0 Å². The lowest BCUT2D eigenvalue weighted by Crippen LogP contribution is -2.47. The van der Waals surface area contributed by atoms with E-state index in [4.69, 9.17) is 0 Å². The van der Waals surface area contributed by atoms with Gasteiger partial charge in [0.25, 0.3) is 0 Å². The Labute approximate surface area is 93.1 Å². The lowest BCUT2D eigenvalue weighted by molar-refractivity contribution is 0.112. The summed E-state index contributed by atoms with van der Waals surface area (Å²) in [5, 5.41) is 9.54. The fraction of sp³-hybridized carbons (Fsp3) is 1.00. The molecule has 2 saturated heterocycles. The topological polar surface area (TPSA) is 26.7 Å². The minimum Gasteiger partial charge on any atom is -0.392 e. The van der Waals surface area contributed by atoms with E-state index in [0.717, 1.165) is 19.5 Å². The third kappa shape index (κ3) is 2.52. The number of aliphatic hydroxyl groups is 1. The number of likely N-dealkylation sites (tertiary alicyclic amines) is 2. The molecule has 0 aromatic heterocycles. The minimum atomic E-state index is -0.0850. The second-order valence-corrected chi connectivity index (χ2v) is 5.16. The van der Waals surface area contributed by atoms with Gasteiger partial charge in [-0.3, -0.25) is 9.80 Å². The van der Waals surface area contributed by atoms with Crippen LogP contribution in [0.1, 0.15) is 33.1 Å². The standard InChI is InChI=1S/C12H24N2O/c1-10(13-6-3-4-7-13)11(2)14-8-5-12(15)9-14/h10-12,15H,3-9H2,1-2H3/t10-,11-,12?/m0/s1. The second-order valence-electron chi connectivity index (χ2n) is 5.16. The summed E-state index contributed by atoms with van der Waals surface area (Å²) < 4.78 is 0. The van der Waals surface area contributed by atoms with Crippen LogP contribution in [0.5, 0.6) is 0 Å². The number of hydrogen-bond acceptors (Lipinski definition) is 3. The molecule has 0 saturated carbocycles. The molecule has 2 heterocycles. The Balaban J connectivity index is 1.86. The van der Waals surface area contributed by atoms with Crippen molar-refractivity contribution in [3.63, 3.8) is 0 Å². The third-order valence-corrected chi connectivity index (χ3v) is 4.19. The lowest BCUT2D eigenvalue weighted by Gasteiger charge is -2.35. The van der Waals surface area contributed by atoms with E-state index in [9.17, 15) is 5.11 Å². The molecule has 3 heteroatoms. The Bertz CT molecular complexity index is 204. The molecule has 1 N–H and O–H groups in total. The molecular formula is C12H24N2O. The van der Waals surface area contributed by atoms with Crippen LogP contribution >= 0.6 is 0 Å². The van der Waals surface area contributed by atoms with Crippen LogP contribution in [-0.2, 0) is 0 Å². The van der Waals surface area contributed by atoms with Crippen LogP contribution < -0.4 is 0 Å². The Kier molecular flexibility index (Phi) is 3.65. The van der Waals surface area contributed by atoms with Crippen LogP contribution in [0, 0.1) is 0 Å². The highest BCUT2D eigenvalue weighted by molar-refractivity contribution is 4.87. The van der Waals surface area contributed by atoms with Crippen molar-refractivity contribution in [2.24, 2.45) is 0 Å². The molecule has 0 aromatic rings. The number of hydrogen-bond donors (Lipinski definition) is 1. The minimum absolute atomic E-state index is 0.0850. The van der Waals surface area contributed by atoms with Gasteiger partial charge in [-0.15, -0.1) is 0 Å². The van der Waals surface area contributed by atoms with E-state index in [1.165, 1.54) is 25.9 Å². The molecule has 3 nitrogen and oxygen atoms in total. The number of β-amino-alcohol motifs (C(OH)–C–C–N with tert-alkyl or cyclic N) is 1. The van der Waals surface area contributed by atoms with Gasteiger partial charge in [0.15, 0.2) is 0 Å². The summed E-state index contributed by atoms with van der Waals surface area (Å²) >= 11 is 0. The maximum absolute atomic E-state index is 9.54. The first-order valence-corrected chi connectivity index (χ1v) is 6.34. The Morgan fingerprint density at radius 3 is 2.13 bits per heavy atom. The van der Waals surface area contributed by atoms with Gasteiger partial charge < -0.3 is 5.11 Å². The molecule has 2 aliphatic heterocycles. The van der Waals surface area contributed by atoms with Crippen molar-refractivity contribution in [1.82, 2.24) is 9.80 Å². The van der Waals surface area contributed by atoms with Crippen LogP contribution in [0.3, 0.4) is 0 Å². The van der Waals surface area contributed by atoms with Gasteiger partial charge in [0.1, 0.15) is 0 Å². The maximum atomic E-state index is 9.54. The van der Waals surface area contributed by atoms with E-state index in [1.54, 1.807) is 0 Å². The molecule has 0 spiro atoms. The van der Waals surface area contributed by atoms with E-state index in [1.807, 2.05) is 0 Å². The Morgan fingerprint density at radius 2 is 1.60 bits per heavy atom. The van der Waals surface area contributed by atoms with Gasteiger partial charge in [-0.05, 0) is 46.2 Å². The fourth-order valence-electron chi connectivity index (χ4n) is 2.90. The molecule has 3 atom stereocenters. The van der Waals surface area contributed by atoms with E-state index in [2.05, 4.69) is 23.6 Å². The van der Waals surface area contributed by atoms with Gasteiger partial charge in [0.2, 0.25) is 0 Å². The SMILES string of the molecule is C[C@@H]([C@H](C)N1CCC(O)C1)N1CCCC1. The average molecular weight is 212 g/mol. The zero-order chi connectivity index (χ0) is 10.8. The number of rotatable bonds is 3. The van der Waals surface area contributed by atoms with Gasteiger partial charge >= 0.3 is 0 Å². The van der Waals surface area contributed by atoms with Gasteiger partial charge in [0, 0.05) is 25.2 Å². The van der Waals surface area contributed by atoms with Gasteiger partial charge in [-0.2, -0.15) is 0 Å². The van der Waals surface area contributed by atoms with Crippen LogP contribution in [0.4, 0.5) is 0 Å². The predicted molar refractivity (Wildman–Crippen MR) is 61.9 cm³/mol. The summed E-state index contributed by atoms with van der Waals surface area (Å²) in [6, 6.07) is 1.22. The first-order chi connectivity index (χ1) is 7.18. The smallest absolute Gasteiger partial charge is 0.0679 e. The Morgan fingerprint density at radius 1 is 1.00 bits per heavy atom.